The van der Waals surface area contributed by atoms with Crippen molar-refractivity contribution >= 4 is 11.4 Å². The van der Waals surface area contributed by atoms with Crippen LogP contribution in [0.3, 0.4) is 0 Å². The Bertz CT molecular complexity index is 894. The number of rotatable bonds is 4. The molecule has 0 N–H and O–H groups in total. The Kier molecular flexibility index (Phi) is 4.77. The number of benzene rings is 2. The number of nitrogens with zero attached hydrogens (tertiary/aromatic N) is 2. The summed E-state index contributed by atoms with van der Waals surface area (Å²) in [4.78, 5) is 5.08. The fourth-order valence-corrected chi connectivity index (χ4v) is 4.89. The van der Waals surface area contributed by atoms with E-state index in [-0.39, 0.29) is 0 Å². The number of allylic oxidation sites excluding steroid dienone is 1. The van der Waals surface area contributed by atoms with Crippen molar-refractivity contribution in [2.45, 2.75) is 72.1 Å². The van der Waals surface area contributed by atoms with Gasteiger partial charge in [0, 0.05) is 29.2 Å². The molecule has 0 spiro atoms. The molecular weight excluding hydrogens is 340 g/mol. The van der Waals surface area contributed by atoms with E-state index in [1.807, 2.05) is 0 Å². The normalized spacial score (nSPS) is 18.4. The van der Waals surface area contributed by atoms with E-state index < -0.39 is 0 Å². The van der Waals surface area contributed by atoms with Crippen LogP contribution >= 0.6 is 0 Å². The van der Waals surface area contributed by atoms with Gasteiger partial charge in [0.2, 0.25) is 0 Å². The summed E-state index contributed by atoms with van der Waals surface area (Å²) >= 11 is 0. The van der Waals surface area contributed by atoms with Gasteiger partial charge in [-0.15, -0.1) is 0 Å². The third kappa shape index (κ3) is 2.85. The lowest BCUT2D eigenvalue weighted by Crippen LogP contribution is -2.27. The van der Waals surface area contributed by atoms with Gasteiger partial charge in [0.1, 0.15) is 0 Å². The van der Waals surface area contributed by atoms with Gasteiger partial charge >= 0.3 is 0 Å². The van der Waals surface area contributed by atoms with E-state index in [1.54, 1.807) is 0 Å². The molecule has 0 radical (unpaired) electrons. The fourth-order valence-electron chi connectivity index (χ4n) is 4.89. The zero-order chi connectivity index (χ0) is 20.2. The van der Waals surface area contributed by atoms with Crippen molar-refractivity contribution in [3.63, 3.8) is 0 Å². The second-order valence-electron chi connectivity index (χ2n) is 9.35. The summed E-state index contributed by atoms with van der Waals surface area (Å²) < 4.78 is 0. The highest BCUT2D eigenvalue weighted by Gasteiger charge is 2.38. The van der Waals surface area contributed by atoms with Crippen LogP contribution in [0.1, 0.15) is 94.4 Å². The Balaban J connectivity index is 1.82. The Hall–Kier alpha value is -2.22. The van der Waals surface area contributed by atoms with Crippen LogP contribution in [0.2, 0.25) is 0 Å². The summed E-state index contributed by atoms with van der Waals surface area (Å²) in [5.74, 6) is 2.01. The van der Waals surface area contributed by atoms with E-state index in [0.29, 0.717) is 23.7 Å². The second kappa shape index (κ2) is 6.99. The van der Waals surface area contributed by atoms with Crippen LogP contribution in [0, 0.1) is 0 Å². The highest BCUT2D eigenvalue weighted by molar-refractivity contribution is 5.77. The van der Waals surface area contributed by atoms with Crippen molar-refractivity contribution in [3.05, 3.63) is 70.5 Å². The first-order valence-corrected chi connectivity index (χ1v) is 10.8. The number of hydrogen-bond acceptors (Lipinski definition) is 2. The standard InChI is InChI=1S/C26H34N2/c1-16(2)20-10-8-11-21(17(3)4)25(20)27-14-24-19(7)23-13-9-12-22(18(5)6)26(23)28(24)15-27/h8-14,16-19H,15H2,1-7H3. The zero-order valence-corrected chi connectivity index (χ0v) is 18.5. The van der Waals surface area contributed by atoms with Gasteiger partial charge in [-0.1, -0.05) is 84.9 Å². The van der Waals surface area contributed by atoms with Crippen molar-refractivity contribution in [2.75, 3.05) is 16.5 Å². The molecule has 2 aliphatic heterocycles. The molecule has 28 heavy (non-hydrogen) atoms. The van der Waals surface area contributed by atoms with Crippen LogP contribution in [0.5, 0.6) is 0 Å². The van der Waals surface area contributed by atoms with E-state index in [4.69, 9.17) is 0 Å². The van der Waals surface area contributed by atoms with E-state index >= 15 is 0 Å². The maximum atomic E-state index is 2.57. The fraction of sp³-hybridized carbons (Fsp3) is 0.462. The van der Waals surface area contributed by atoms with Crippen LogP contribution in [-0.4, -0.2) is 6.67 Å². The minimum Gasteiger partial charge on any atom is -0.327 e. The number of fused-ring (bicyclic) bond motifs is 3. The Morgan fingerprint density at radius 3 is 1.79 bits per heavy atom. The smallest absolute Gasteiger partial charge is 0.0992 e. The van der Waals surface area contributed by atoms with Crippen molar-refractivity contribution < 1.29 is 0 Å². The molecule has 0 saturated carbocycles. The van der Waals surface area contributed by atoms with Crippen molar-refractivity contribution in [1.82, 2.24) is 0 Å². The molecule has 2 heteroatoms. The molecule has 4 rings (SSSR count). The average molecular weight is 375 g/mol. The number of hydrogen-bond donors (Lipinski definition) is 0. The van der Waals surface area contributed by atoms with Gasteiger partial charge in [-0.2, -0.15) is 0 Å². The quantitative estimate of drug-likeness (QED) is 0.554. The third-order valence-electron chi connectivity index (χ3n) is 6.42. The first-order valence-electron chi connectivity index (χ1n) is 10.8. The molecule has 0 saturated heterocycles. The minimum absolute atomic E-state index is 0.451. The Labute approximate surface area is 170 Å². The molecule has 0 amide bonds. The van der Waals surface area contributed by atoms with Gasteiger partial charge in [-0.05, 0) is 40.0 Å². The first kappa shape index (κ1) is 19.1. The van der Waals surface area contributed by atoms with E-state index in [9.17, 15) is 0 Å². The lowest BCUT2D eigenvalue weighted by Gasteiger charge is -2.29. The maximum Gasteiger partial charge on any atom is 0.0992 e. The van der Waals surface area contributed by atoms with E-state index in [2.05, 4.69) is 101 Å². The molecule has 2 aromatic carbocycles. The summed E-state index contributed by atoms with van der Waals surface area (Å²) in [5.41, 5.74) is 10.2. The average Bonchev–Trinajstić information content (AvgIpc) is 3.20. The summed E-state index contributed by atoms with van der Waals surface area (Å²) in [6.07, 6.45) is 2.42. The van der Waals surface area contributed by atoms with Crippen LogP contribution < -0.4 is 9.80 Å². The molecule has 0 aromatic heterocycles. The van der Waals surface area contributed by atoms with E-state index in [0.717, 1.165) is 6.67 Å². The molecule has 0 aliphatic carbocycles. The van der Waals surface area contributed by atoms with Crippen molar-refractivity contribution in [3.8, 4) is 0 Å². The molecule has 1 atom stereocenters. The van der Waals surface area contributed by atoms with Gasteiger partial charge in [0.05, 0.1) is 6.67 Å². The number of para-hydroxylation sites is 2. The summed E-state index contributed by atoms with van der Waals surface area (Å²) in [7, 11) is 0. The van der Waals surface area contributed by atoms with Crippen molar-refractivity contribution in [2.24, 2.45) is 0 Å². The van der Waals surface area contributed by atoms with Gasteiger partial charge in [0.15, 0.2) is 0 Å². The topological polar surface area (TPSA) is 6.48 Å². The first-order chi connectivity index (χ1) is 13.3. The monoisotopic (exact) mass is 374 g/mol. The molecule has 2 nitrogen and oxygen atoms in total. The Morgan fingerprint density at radius 1 is 0.750 bits per heavy atom. The SMILES string of the molecule is CC(C)c1cccc(C(C)C)c1N1C=C2C(C)c3cccc(C(C)C)c3N2C1. The molecule has 0 fully saturated rings. The third-order valence-corrected chi connectivity index (χ3v) is 6.42. The molecule has 2 aliphatic rings. The summed E-state index contributed by atoms with van der Waals surface area (Å²) in [5, 5.41) is 0. The van der Waals surface area contributed by atoms with Gasteiger partial charge in [-0.25, -0.2) is 0 Å². The maximum absolute atomic E-state index is 2.57. The highest BCUT2D eigenvalue weighted by atomic mass is 15.4. The number of anilines is 2. The van der Waals surface area contributed by atoms with Crippen LogP contribution in [0.15, 0.2) is 48.3 Å². The van der Waals surface area contributed by atoms with Gasteiger partial charge < -0.3 is 9.80 Å². The second-order valence-corrected chi connectivity index (χ2v) is 9.35. The molecule has 2 aromatic rings. The predicted octanol–water partition coefficient (Wildman–Crippen LogP) is 7.30. The molecule has 1 unspecified atom stereocenters. The van der Waals surface area contributed by atoms with E-state index in [1.165, 1.54) is 39.3 Å². The molecular formula is C26H34N2. The van der Waals surface area contributed by atoms with Gasteiger partial charge in [0.25, 0.3) is 0 Å². The largest absolute Gasteiger partial charge is 0.327 e. The predicted molar refractivity (Wildman–Crippen MR) is 121 cm³/mol. The van der Waals surface area contributed by atoms with Crippen LogP contribution in [-0.2, 0) is 0 Å². The van der Waals surface area contributed by atoms with Crippen molar-refractivity contribution in [1.29, 1.82) is 0 Å². The minimum atomic E-state index is 0.451. The zero-order valence-electron chi connectivity index (χ0n) is 18.5. The lowest BCUT2D eigenvalue weighted by atomic mass is 9.92. The van der Waals surface area contributed by atoms with Gasteiger partial charge in [-0.3, -0.25) is 0 Å². The summed E-state index contributed by atoms with van der Waals surface area (Å²) in [6.45, 7) is 17.1. The van der Waals surface area contributed by atoms with Crippen LogP contribution in [0.4, 0.5) is 11.4 Å². The molecule has 0 bridgehead atoms. The molecule has 148 valence electrons. The van der Waals surface area contributed by atoms with Crippen LogP contribution in [0.25, 0.3) is 0 Å². The highest BCUT2D eigenvalue weighted by Crippen LogP contribution is 2.50. The molecule has 2 heterocycles. The summed E-state index contributed by atoms with van der Waals surface area (Å²) in [6, 6.07) is 13.7. The Morgan fingerprint density at radius 2 is 1.25 bits per heavy atom. The lowest BCUT2D eigenvalue weighted by molar-refractivity contribution is 0.813.